The van der Waals surface area contributed by atoms with Crippen molar-refractivity contribution in [1.82, 2.24) is 4.90 Å². The third-order valence-corrected chi connectivity index (χ3v) is 3.81. The second-order valence-corrected chi connectivity index (χ2v) is 6.14. The summed E-state index contributed by atoms with van der Waals surface area (Å²) < 4.78 is 6.70. The number of likely N-dealkylation sites (N-methyl/N-ethyl adjacent to an activating group) is 1. The van der Waals surface area contributed by atoms with Crippen molar-refractivity contribution in [3.63, 3.8) is 0 Å². The Morgan fingerprint density at radius 1 is 1.19 bits per heavy atom. The number of nitrogens with zero attached hydrogens (tertiary/aromatic N) is 1. The SMILES string of the molecule is Cc1ccc(OCCN(C)C(=O)c2cccc(I)c2)cc1. The summed E-state index contributed by atoms with van der Waals surface area (Å²) >= 11 is 2.21. The van der Waals surface area contributed by atoms with Gasteiger partial charge in [0.1, 0.15) is 12.4 Å². The van der Waals surface area contributed by atoms with Gasteiger partial charge in [0.25, 0.3) is 5.91 Å². The molecule has 2 aromatic carbocycles. The van der Waals surface area contributed by atoms with Crippen molar-refractivity contribution in [2.24, 2.45) is 0 Å². The molecule has 0 aliphatic carbocycles. The van der Waals surface area contributed by atoms with Crippen LogP contribution in [0.3, 0.4) is 0 Å². The van der Waals surface area contributed by atoms with Gasteiger partial charge in [-0.2, -0.15) is 0 Å². The molecule has 0 saturated heterocycles. The number of aryl methyl sites for hydroxylation is 1. The molecule has 1 amide bonds. The number of carbonyl (C=O) groups excluding carboxylic acids is 1. The van der Waals surface area contributed by atoms with E-state index in [1.54, 1.807) is 11.9 Å². The number of hydrogen-bond donors (Lipinski definition) is 0. The molecule has 4 heteroatoms. The number of benzene rings is 2. The highest BCUT2D eigenvalue weighted by molar-refractivity contribution is 14.1. The molecule has 0 heterocycles. The maximum atomic E-state index is 12.3. The summed E-state index contributed by atoms with van der Waals surface area (Å²) in [7, 11) is 1.79. The van der Waals surface area contributed by atoms with Gasteiger partial charge in [-0.05, 0) is 59.8 Å². The van der Waals surface area contributed by atoms with E-state index in [0.29, 0.717) is 18.7 Å². The summed E-state index contributed by atoms with van der Waals surface area (Å²) in [6.07, 6.45) is 0. The summed E-state index contributed by atoms with van der Waals surface area (Å²) in [5.74, 6) is 0.844. The molecule has 0 atom stereocenters. The van der Waals surface area contributed by atoms with Crippen LogP contribution in [-0.4, -0.2) is 31.0 Å². The fraction of sp³-hybridized carbons (Fsp3) is 0.235. The average Bonchev–Trinajstić information content (AvgIpc) is 2.48. The molecular weight excluding hydrogens is 377 g/mol. The van der Waals surface area contributed by atoms with Crippen molar-refractivity contribution >= 4 is 28.5 Å². The van der Waals surface area contributed by atoms with Crippen molar-refractivity contribution < 1.29 is 9.53 Å². The Bertz CT molecular complexity index is 610. The van der Waals surface area contributed by atoms with Crippen LogP contribution in [0.25, 0.3) is 0 Å². The van der Waals surface area contributed by atoms with E-state index in [2.05, 4.69) is 22.6 Å². The Morgan fingerprint density at radius 2 is 1.90 bits per heavy atom. The molecule has 21 heavy (non-hydrogen) atoms. The lowest BCUT2D eigenvalue weighted by molar-refractivity contribution is 0.0773. The van der Waals surface area contributed by atoms with Gasteiger partial charge < -0.3 is 9.64 Å². The molecule has 0 aliphatic heterocycles. The predicted octanol–water partition coefficient (Wildman–Crippen LogP) is 3.75. The molecule has 0 bridgehead atoms. The summed E-state index contributed by atoms with van der Waals surface area (Å²) in [6, 6.07) is 15.5. The first kappa shape index (κ1) is 15.8. The maximum absolute atomic E-state index is 12.3. The van der Waals surface area contributed by atoms with Crippen molar-refractivity contribution in [1.29, 1.82) is 0 Å². The molecular formula is C17H18INO2. The minimum absolute atomic E-state index is 0.0148. The van der Waals surface area contributed by atoms with Crippen LogP contribution in [0.1, 0.15) is 15.9 Å². The Kier molecular flexibility index (Phi) is 5.61. The fourth-order valence-electron chi connectivity index (χ4n) is 1.88. The largest absolute Gasteiger partial charge is 0.492 e. The lowest BCUT2D eigenvalue weighted by atomic mass is 10.2. The van der Waals surface area contributed by atoms with Gasteiger partial charge in [0.15, 0.2) is 0 Å². The zero-order valence-electron chi connectivity index (χ0n) is 12.2. The highest BCUT2D eigenvalue weighted by Crippen LogP contribution is 2.12. The molecule has 2 aromatic rings. The molecule has 0 radical (unpaired) electrons. The summed E-state index contributed by atoms with van der Waals surface area (Å²) in [4.78, 5) is 13.9. The van der Waals surface area contributed by atoms with Gasteiger partial charge in [0, 0.05) is 16.2 Å². The van der Waals surface area contributed by atoms with E-state index >= 15 is 0 Å². The Hall–Kier alpha value is -1.56. The smallest absolute Gasteiger partial charge is 0.253 e. The third-order valence-electron chi connectivity index (χ3n) is 3.13. The zero-order chi connectivity index (χ0) is 15.2. The van der Waals surface area contributed by atoms with Crippen LogP contribution in [0, 0.1) is 10.5 Å². The van der Waals surface area contributed by atoms with Crippen LogP contribution in [0.4, 0.5) is 0 Å². The van der Waals surface area contributed by atoms with E-state index in [9.17, 15) is 4.79 Å². The molecule has 0 N–H and O–H groups in total. The minimum atomic E-state index is 0.0148. The Morgan fingerprint density at radius 3 is 2.57 bits per heavy atom. The monoisotopic (exact) mass is 395 g/mol. The number of ether oxygens (including phenoxy) is 1. The topological polar surface area (TPSA) is 29.5 Å². The van der Waals surface area contributed by atoms with Crippen LogP contribution >= 0.6 is 22.6 Å². The molecule has 0 unspecified atom stereocenters. The highest BCUT2D eigenvalue weighted by Gasteiger charge is 2.11. The van der Waals surface area contributed by atoms with Crippen molar-refractivity contribution in [2.75, 3.05) is 20.2 Å². The molecule has 3 nitrogen and oxygen atoms in total. The van der Waals surface area contributed by atoms with E-state index in [-0.39, 0.29) is 5.91 Å². The number of amides is 1. The van der Waals surface area contributed by atoms with Crippen LogP contribution in [0.2, 0.25) is 0 Å². The molecule has 0 aliphatic rings. The summed E-state index contributed by atoms with van der Waals surface area (Å²) in [5, 5.41) is 0. The number of carbonyl (C=O) groups is 1. The Labute approximate surface area is 139 Å². The molecule has 110 valence electrons. The van der Waals surface area contributed by atoms with Crippen LogP contribution in [-0.2, 0) is 0 Å². The molecule has 2 rings (SSSR count). The van der Waals surface area contributed by atoms with Gasteiger partial charge in [-0.3, -0.25) is 4.79 Å². The third kappa shape index (κ3) is 4.74. The van der Waals surface area contributed by atoms with Gasteiger partial charge >= 0.3 is 0 Å². The quantitative estimate of drug-likeness (QED) is 0.722. The van der Waals surface area contributed by atoms with Gasteiger partial charge in [-0.15, -0.1) is 0 Å². The van der Waals surface area contributed by atoms with Gasteiger partial charge in [-0.1, -0.05) is 23.8 Å². The standard InChI is InChI=1S/C17H18INO2/c1-13-6-8-16(9-7-13)21-11-10-19(2)17(20)14-4-3-5-15(18)12-14/h3-9,12H,10-11H2,1-2H3. The van der Waals surface area contributed by atoms with Gasteiger partial charge in [-0.25, -0.2) is 0 Å². The lowest BCUT2D eigenvalue weighted by Gasteiger charge is -2.17. The van der Waals surface area contributed by atoms with E-state index in [0.717, 1.165) is 9.32 Å². The van der Waals surface area contributed by atoms with Gasteiger partial charge in [0.2, 0.25) is 0 Å². The van der Waals surface area contributed by atoms with E-state index < -0.39 is 0 Å². The van der Waals surface area contributed by atoms with Crippen molar-refractivity contribution in [3.05, 3.63) is 63.2 Å². The second kappa shape index (κ2) is 7.45. The maximum Gasteiger partial charge on any atom is 0.253 e. The number of hydrogen-bond acceptors (Lipinski definition) is 2. The first-order chi connectivity index (χ1) is 10.1. The zero-order valence-corrected chi connectivity index (χ0v) is 14.3. The van der Waals surface area contributed by atoms with Crippen LogP contribution < -0.4 is 4.74 Å². The van der Waals surface area contributed by atoms with Crippen molar-refractivity contribution in [2.45, 2.75) is 6.92 Å². The molecule has 0 saturated carbocycles. The minimum Gasteiger partial charge on any atom is -0.492 e. The fourth-order valence-corrected chi connectivity index (χ4v) is 2.42. The second-order valence-electron chi connectivity index (χ2n) is 4.90. The lowest BCUT2D eigenvalue weighted by Crippen LogP contribution is -2.30. The molecule has 0 fully saturated rings. The summed E-state index contributed by atoms with van der Waals surface area (Å²) in [5.41, 5.74) is 1.91. The van der Waals surface area contributed by atoms with Gasteiger partial charge in [0.05, 0.1) is 6.54 Å². The Balaban J connectivity index is 1.85. The van der Waals surface area contributed by atoms with E-state index in [1.807, 2.05) is 55.5 Å². The van der Waals surface area contributed by atoms with Crippen LogP contribution in [0.15, 0.2) is 48.5 Å². The first-order valence-corrected chi connectivity index (χ1v) is 7.84. The highest BCUT2D eigenvalue weighted by atomic mass is 127. The van der Waals surface area contributed by atoms with Crippen molar-refractivity contribution in [3.8, 4) is 5.75 Å². The first-order valence-electron chi connectivity index (χ1n) is 6.77. The predicted molar refractivity (Wildman–Crippen MR) is 92.8 cm³/mol. The van der Waals surface area contributed by atoms with Crippen LogP contribution in [0.5, 0.6) is 5.75 Å². The van der Waals surface area contributed by atoms with E-state index in [1.165, 1.54) is 5.56 Å². The molecule has 0 aromatic heterocycles. The summed E-state index contributed by atoms with van der Waals surface area (Å²) in [6.45, 7) is 3.07. The van der Waals surface area contributed by atoms with E-state index in [4.69, 9.17) is 4.74 Å². The molecule has 0 spiro atoms. The number of halogens is 1. The normalized spacial score (nSPS) is 10.2. The number of rotatable bonds is 5. The average molecular weight is 395 g/mol.